The van der Waals surface area contributed by atoms with Crippen LogP contribution in [0, 0.1) is 0 Å². The number of amides is 2. The molecule has 6 aromatic rings. The highest BCUT2D eigenvalue weighted by atomic mass is 32.2. The van der Waals surface area contributed by atoms with Gasteiger partial charge in [0.2, 0.25) is 0 Å². The molecule has 74 heavy (non-hydrogen) atoms. The van der Waals surface area contributed by atoms with Gasteiger partial charge in [0.25, 0.3) is 20.1 Å². The predicted octanol–water partition coefficient (Wildman–Crippen LogP) is 10.0. The molecule has 16 nitrogen and oxygen atoms in total. The van der Waals surface area contributed by atoms with Crippen LogP contribution in [0.15, 0.2) is 191 Å². The third-order valence-corrected chi connectivity index (χ3v) is 19.8. The van der Waals surface area contributed by atoms with Crippen LogP contribution in [-0.2, 0) is 34.7 Å². The molecule has 0 aromatic heterocycles. The number of esters is 1. The number of nitrogens with zero attached hydrogens (tertiary/aromatic N) is 7. The fraction of sp³-hybridized carbons (Fsp3) is 0.304. The van der Waals surface area contributed by atoms with E-state index in [1.165, 1.54) is 11.8 Å². The van der Waals surface area contributed by atoms with Crippen LogP contribution >= 0.6 is 11.8 Å². The van der Waals surface area contributed by atoms with Gasteiger partial charge in [0.15, 0.2) is 6.29 Å². The third kappa shape index (κ3) is 10.6. The van der Waals surface area contributed by atoms with Gasteiger partial charge in [-0.25, -0.2) is 4.79 Å². The highest BCUT2D eigenvalue weighted by Crippen LogP contribution is 2.43. The lowest BCUT2D eigenvalue weighted by Gasteiger charge is -2.50. The van der Waals surface area contributed by atoms with Crippen LogP contribution in [0.25, 0.3) is 20.9 Å². The molecule has 18 heteroatoms. The molecule has 3 heterocycles. The molecular weight excluding hydrogens is 975 g/mol. The summed E-state index contributed by atoms with van der Waals surface area (Å²) in [5, 5.41) is 10.1. The second-order valence-electron chi connectivity index (χ2n) is 19.2. The first-order valence-corrected chi connectivity index (χ1v) is 27.1. The van der Waals surface area contributed by atoms with E-state index in [-0.39, 0.29) is 29.9 Å². The summed E-state index contributed by atoms with van der Waals surface area (Å²) in [6.45, 7) is 8.08. The molecule has 6 aromatic carbocycles. The molecule has 10 atom stereocenters. The number of fused-ring (bicyclic) bond motifs is 1. The molecule has 0 bridgehead atoms. The van der Waals surface area contributed by atoms with Crippen LogP contribution in [-0.4, -0.2) is 98.0 Å². The second kappa shape index (κ2) is 23.0. The van der Waals surface area contributed by atoms with Gasteiger partial charge in [-0.1, -0.05) is 182 Å². The van der Waals surface area contributed by atoms with E-state index in [0.29, 0.717) is 0 Å². The van der Waals surface area contributed by atoms with Gasteiger partial charge >= 0.3 is 5.97 Å². The normalized spacial score (nSPS) is 24.8. The topological polar surface area (TPSA) is 207 Å². The molecular formula is C56H55N7O9SSi. The number of imide groups is 1. The lowest BCUT2D eigenvalue weighted by atomic mass is 9.92. The number of thioether (sulfide) groups is 1. The van der Waals surface area contributed by atoms with E-state index in [9.17, 15) is 25.4 Å². The monoisotopic (exact) mass is 1030 g/mol. The van der Waals surface area contributed by atoms with Gasteiger partial charge in [0.1, 0.15) is 41.9 Å². The summed E-state index contributed by atoms with van der Waals surface area (Å²) in [5.41, 5.74) is 21.1. The van der Waals surface area contributed by atoms with E-state index in [0.717, 1.165) is 25.7 Å². The minimum atomic E-state index is -3.29. The van der Waals surface area contributed by atoms with Crippen LogP contribution in [0.4, 0.5) is 0 Å². The Kier molecular flexibility index (Phi) is 16.1. The number of hydrogen-bond acceptors (Lipinski definition) is 12. The van der Waals surface area contributed by atoms with Crippen molar-refractivity contribution >= 4 is 48.2 Å². The maximum Gasteiger partial charge on any atom is 0.338 e. The van der Waals surface area contributed by atoms with E-state index in [1.54, 1.807) is 61.5 Å². The largest absolute Gasteiger partial charge is 0.456 e. The third-order valence-electron chi connectivity index (χ3n) is 13.6. The standard InChI is InChI=1S/C56H55N7O9SSi/c1-36-47(63-51(64)42-32-20-21-33-43(42)52(63)65)49(71-53(66)38-24-12-6-13-25-38)45(59-61-57)54(69-36)72-48-44(35-68-74(56(2,3)4,40-28-16-8-17-29-40)41-30-18-9-19-31-41)70-55(73-39-26-14-7-15-27-39)46(60-62-58)50(48)67-34-37-22-10-5-11-23-37/h5-33,36,44-50,54-55H,34-35H2,1-4H3/t36-,44-,45-,46-,47+,48+,49-,50-,54-,55-/m1/s1. The summed E-state index contributed by atoms with van der Waals surface area (Å²) in [6, 6.07) is 50.0. The Hall–Kier alpha value is -7.08. The fourth-order valence-electron chi connectivity index (χ4n) is 10.2. The average molecular weight is 1030 g/mol. The Morgan fingerprint density at radius 3 is 1.74 bits per heavy atom. The van der Waals surface area contributed by atoms with E-state index >= 15 is 0 Å². The fourth-order valence-corrected chi connectivity index (χ4v) is 15.9. The zero-order valence-corrected chi connectivity index (χ0v) is 43.0. The zero-order valence-electron chi connectivity index (χ0n) is 41.1. The van der Waals surface area contributed by atoms with Gasteiger partial charge in [-0.2, -0.15) is 0 Å². The quantitative estimate of drug-likeness (QED) is 0.0211. The molecule has 378 valence electrons. The van der Waals surface area contributed by atoms with Crippen molar-refractivity contribution in [3.05, 3.63) is 219 Å². The van der Waals surface area contributed by atoms with Crippen LogP contribution in [0.3, 0.4) is 0 Å². The van der Waals surface area contributed by atoms with E-state index in [4.69, 9.17) is 28.1 Å². The second-order valence-corrected chi connectivity index (χ2v) is 24.6. The minimum Gasteiger partial charge on any atom is -0.456 e. The molecule has 0 N–H and O–H groups in total. The summed E-state index contributed by atoms with van der Waals surface area (Å²) >= 11 is 1.35. The summed E-state index contributed by atoms with van der Waals surface area (Å²) in [7, 11) is -3.29. The van der Waals surface area contributed by atoms with Crippen molar-refractivity contribution in [2.24, 2.45) is 10.2 Å². The molecule has 0 aliphatic carbocycles. The van der Waals surface area contributed by atoms with Gasteiger partial charge < -0.3 is 28.1 Å². The van der Waals surface area contributed by atoms with Crippen molar-refractivity contribution in [1.29, 1.82) is 0 Å². The van der Waals surface area contributed by atoms with Crippen LogP contribution < -0.4 is 10.4 Å². The number of rotatable bonds is 17. The maximum absolute atomic E-state index is 14.3. The van der Waals surface area contributed by atoms with Crippen molar-refractivity contribution in [2.75, 3.05) is 6.61 Å². The van der Waals surface area contributed by atoms with Crippen LogP contribution in [0.1, 0.15) is 64.3 Å². The zero-order chi connectivity index (χ0) is 51.8. The number of azide groups is 2. The van der Waals surface area contributed by atoms with Gasteiger partial charge in [0.05, 0.1) is 42.1 Å². The van der Waals surface area contributed by atoms with Crippen molar-refractivity contribution in [1.82, 2.24) is 4.90 Å². The summed E-state index contributed by atoms with van der Waals surface area (Å²) in [4.78, 5) is 51.1. The number of ether oxygens (including phenoxy) is 5. The molecule has 3 aliphatic heterocycles. The van der Waals surface area contributed by atoms with Crippen molar-refractivity contribution in [3.63, 3.8) is 0 Å². The highest BCUT2D eigenvalue weighted by Gasteiger charge is 2.58. The molecule has 9 rings (SSSR count). The van der Waals surface area contributed by atoms with Crippen LogP contribution in [0.2, 0.25) is 5.04 Å². The Labute approximate surface area is 434 Å². The SMILES string of the molecule is C[C@H]1O[C@H](O[C@@H]2[C@H](OCc3ccccc3)[C@@H](N=[N+]=[N-])[C@@H](Sc3ccccc3)O[C@@H]2CO[Si](c2ccccc2)(c2ccccc2)C(C)(C)C)[C@H](N=[N+]=[N-])[C@@H](OC(=O)c2ccccc2)[C@H]1N1C(=O)c2ccccc2C1=O. The number of carbonyl (C=O) groups is 3. The molecule has 3 aliphatic rings. The van der Waals surface area contributed by atoms with E-state index < -0.39 is 91.5 Å². The molecule has 0 spiro atoms. The van der Waals surface area contributed by atoms with Gasteiger partial charge in [-0.05, 0) is 75.4 Å². The Morgan fingerprint density at radius 1 is 0.676 bits per heavy atom. The number of benzene rings is 6. The molecule has 0 radical (unpaired) electrons. The first-order chi connectivity index (χ1) is 35.9. The Morgan fingerprint density at radius 2 is 1.19 bits per heavy atom. The first kappa shape index (κ1) is 51.8. The summed E-state index contributed by atoms with van der Waals surface area (Å²) < 4.78 is 41.9. The van der Waals surface area contributed by atoms with E-state index in [2.05, 4.69) is 65.1 Å². The Balaban J connectivity index is 1.17. The minimum absolute atomic E-state index is 0.0503. The molecule has 0 unspecified atom stereocenters. The highest BCUT2D eigenvalue weighted by molar-refractivity contribution is 7.99. The van der Waals surface area contributed by atoms with Gasteiger partial charge in [-0.3, -0.25) is 14.5 Å². The molecule has 2 amide bonds. The lowest BCUT2D eigenvalue weighted by molar-refractivity contribution is -0.296. The first-order valence-electron chi connectivity index (χ1n) is 24.3. The molecule has 2 saturated heterocycles. The summed E-state index contributed by atoms with van der Waals surface area (Å²) in [5.74, 6) is -2.09. The lowest BCUT2D eigenvalue weighted by Crippen LogP contribution is -2.69. The Bertz CT molecular complexity index is 2930. The van der Waals surface area contributed by atoms with Gasteiger partial charge in [0, 0.05) is 14.7 Å². The van der Waals surface area contributed by atoms with Crippen LogP contribution in [0.5, 0.6) is 0 Å². The smallest absolute Gasteiger partial charge is 0.338 e. The van der Waals surface area contributed by atoms with Crippen molar-refractivity contribution in [3.8, 4) is 0 Å². The van der Waals surface area contributed by atoms with Crippen molar-refractivity contribution < 1.29 is 42.5 Å². The number of hydrogen-bond donors (Lipinski definition) is 0. The maximum atomic E-state index is 14.3. The number of carbonyl (C=O) groups excluding carboxylic acids is 3. The average Bonchev–Trinajstić information content (AvgIpc) is 3.67. The molecule has 2 fully saturated rings. The predicted molar refractivity (Wildman–Crippen MR) is 281 cm³/mol. The van der Waals surface area contributed by atoms with E-state index in [1.807, 2.05) is 97.1 Å². The summed E-state index contributed by atoms with van der Waals surface area (Å²) in [6.07, 6.45) is -7.53. The van der Waals surface area contributed by atoms with Gasteiger partial charge in [-0.15, -0.1) is 0 Å². The molecule has 0 saturated carbocycles. The van der Waals surface area contributed by atoms with Crippen molar-refractivity contribution in [2.45, 2.75) is 105 Å².